The van der Waals surface area contributed by atoms with E-state index < -0.39 is 9.84 Å². The molecule has 2 aromatic rings. The third-order valence-electron chi connectivity index (χ3n) is 4.93. The monoisotopic (exact) mass is 564 g/mol. The van der Waals surface area contributed by atoms with E-state index in [1.165, 1.54) is 11.8 Å². The molecule has 2 N–H and O–H groups in total. The second-order valence-corrected chi connectivity index (χ2v) is 9.64. The highest BCUT2D eigenvalue weighted by molar-refractivity contribution is 14.0. The average molecular weight is 565 g/mol. The van der Waals surface area contributed by atoms with Gasteiger partial charge in [0.1, 0.15) is 0 Å². The molecule has 0 saturated heterocycles. The van der Waals surface area contributed by atoms with Crippen molar-refractivity contribution in [3.05, 3.63) is 52.2 Å². The Bertz CT molecular complexity index is 865. The summed E-state index contributed by atoms with van der Waals surface area (Å²) in [5.74, 6) is 0.769. The van der Waals surface area contributed by atoms with Crippen LogP contribution in [0.25, 0.3) is 0 Å². The number of halogens is 1. The summed E-state index contributed by atoms with van der Waals surface area (Å²) < 4.78 is 23.1. The molecular formula is C21H33IN4O2S2. The van der Waals surface area contributed by atoms with Gasteiger partial charge < -0.3 is 10.6 Å². The Hall–Kier alpha value is -1.17. The molecule has 6 nitrogen and oxygen atoms in total. The Balaban J connectivity index is 0.00000450. The van der Waals surface area contributed by atoms with Gasteiger partial charge in [-0.15, -0.1) is 24.0 Å². The summed E-state index contributed by atoms with van der Waals surface area (Å²) in [5.41, 5.74) is 2.41. The van der Waals surface area contributed by atoms with Gasteiger partial charge >= 0.3 is 0 Å². The first kappa shape index (κ1) is 26.9. The lowest BCUT2D eigenvalue weighted by molar-refractivity contribution is 0.219. The summed E-state index contributed by atoms with van der Waals surface area (Å²) in [4.78, 5) is 7.11. The van der Waals surface area contributed by atoms with Crippen LogP contribution in [-0.2, 0) is 16.3 Å². The first-order valence-electron chi connectivity index (χ1n) is 9.88. The number of hydrogen-bond acceptors (Lipinski definition) is 5. The molecule has 2 rings (SSSR count). The van der Waals surface area contributed by atoms with Crippen LogP contribution in [0.5, 0.6) is 0 Å². The lowest BCUT2D eigenvalue weighted by Crippen LogP contribution is -2.43. The number of hydrogen-bond donors (Lipinski definition) is 2. The molecule has 0 bridgehead atoms. The van der Waals surface area contributed by atoms with Crippen molar-refractivity contribution >= 4 is 51.1 Å². The molecule has 0 aliphatic rings. The smallest absolute Gasteiger partial charge is 0.191 e. The fourth-order valence-corrected chi connectivity index (χ4v) is 4.57. The van der Waals surface area contributed by atoms with Crippen molar-refractivity contribution in [1.82, 2.24) is 15.5 Å². The van der Waals surface area contributed by atoms with Crippen molar-refractivity contribution in [2.75, 3.05) is 39.5 Å². The van der Waals surface area contributed by atoms with Crippen LogP contribution in [0.4, 0.5) is 0 Å². The van der Waals surface area contributed by atoms with Crippen LogP contribution < -0.4 is 10.6 Å². The maximum absolute atomic E-state index is 11.6. The van der Waals surface area contributed by atoms with E-state index in [9.17, 15) is 8.42 Å². The van der Waals surface area contributed by atoms with Crippen molar-refractivity contribution in [2.24, 2.45) is 4.99 Å². The first-order chi connectivity index (χ1) is 13.9. The summed E-state index contributed by atoms with van der Waals surface area (Å²) in [5, 5.41) is 11.1. The zero-order valence-electron chi connectivity index (χ0n) is 18.1. The van der Waals surface area contributed by atoms with E-state index in [1.807, 2.05) is 12.1 Å². The Labute approximate surface area is 202 Å². The van der Waals surface area contributed by atoms with Crippen LogP contribution in [0.15, 0.2) is 51.0 Å². The Morgan fingerprint density at radius 3 is 2.30 bits per heavy atom. The second-order valence-electron chi connectivity index (χ2n) is 6.84. The van der Waals surface area contributed by atoms with Crippen molar-refractivity contribution in [3.63, 3.8) is 0 Å². The Kier molecular flexibility index (Phi) is 11.9. The number of nitrogens with one attached hydrogen (secondary N) is 2. The number of benzene rings is 1. The minimum absolute atomic E-state index is 0. The minimum atomic E-state index is -3.15. The highest BCUT2D eigenvalue weighted by Gasteiger charge is 2.18. The maximum atomic E-state index is 11.6. The average Bonchev–Trinajstić information content (AvgIpc) is 3.23. The highest BCUT2D eigenvalue weighted by Crippen LogP contribution is 2.22. The molecule has 0 saturated carbocycles. The summed E-state index contributed by atoms with van der Waals surface area (Å²) >= 11 is 1.72. The molecule has 1 aromatic heterocycles. The lowest BCUT2D eigenvalue weighted by Gasteiger charge is -2.30. The molecule has 0 amide bonds. The van der Waals surface area contributed by atoms with E-state index in [-0.39, 0.29) is 24.0 Å². The van der Waals surface area contributed by atoms with Crippen molar-refractivity contribution in [1.29, 1.82) is 0 Å². The van der Waals surface area contributed by atoms with Crippen LogP contribution in [0, 0.1) is 0 Å². The molecule has 1 atom stereocenters. The van der Waals surface area contributed by atoms with Gasteiger partial charge in [0.25, 0.3) is 0 Å². The predicted molar refractivity (Wildman–Crippen MR) is 138 cm³/mol. The quantitative estimate of drug-likeness (QED) is 0.262. The lowest BCUT2D eigenvalue weighted by atomic mass is 10.1. The van der Waals surface area contributed by atoms with Crippen molar-refractivity contribution < 1.29 is 8.42 Å². The zero-order valence-corrected chi connectivity index (χ0v) is 22.1. The third kappa shape index (κ3) is 8.16. The molecule has 1 heterocycles. The van der Waals surface area contributed by atoms with Gasteiger partial charge in [0.05, 0.1) is 10.9 Å². The number of rotatable bonds is 10. The van der Waals surface area contributed by atoms with Gasteiger partial charge in [-0.1, -0.05) is 26.0 Å². The SMILES string of the molecule is CCN(CC)C(CNC(=NC)NCCc1ccc(S(C)(=O)=O)cc1)c1ccsc1.I. The van der Waals surface area contributed by atoms with Gasteiger partial charge in [0, 0.05) is 26.4 Å². The molecule has 0 fully saturated rings. The van der Waals surface area contributed by atoms with Crippen LogP contribution in [0.1, 0.15) is 31.0 Å². The van der Waals surface area contributed by atoms with Gasteiger partial charge in [0.2, 0.25) is 0 Å². The Morgan fingerprint density at radius 1 is 1.13 bits per heavy atom. The fraction of sp³-hybridized carbons (Fsp3) is 0.476. The topological polar surface area (TPSA) is 73.8 Å². The molecule has 9 heteroatoms. The third-order valence-corrected chi connectivity index (χ3v) is 6.76. The molecule has 168 valence electrons. The standard InChI is InChI=1S/C21H32N4O2S2.HI/c1-5-25(6-2)20(18-12-14-28-16-18)15-24-21(22-3)23-13-11-17-7-9-19(10-8-17)29(4,26)27;/h7-10,12,14,16,20H,5-6,11,13,15H2,1-4H3,(H2,22,23,24);1H. The van der Waals surface area contributed by atoms with Crippen molar-refractivity contribution in [2.45, 2.75) is 31.2 Å². The number of likely N-dealkylation sites (N-methyl/N-ethyl adjacent to an activating group) is 1. The summed E-state index contributed by atoms with van der Waals surface area (Å²) in [7, 11) is -1.38. The van der Waals surface area contributed by atoms with E-state index in [2.05, 4.69) is 51.2 Å². The highest BCUT2D eigenvalue weighted by atomic mass is 127. The van der Waals surface area contributed by atoms with Gasteiger partial charge in [-0.05, 0) is 59.6 Å². The van der Waals surface area contributed by atoms with Gasteiger partial charge in [-0.3, -0.25) is 9.89 Å². The number of guanidine groups is 1. The molecule has 1 unspecified atom stereocenters. The van der Waals surface area contributed by atoms with Crippen LogP contribution in [0.3, 0.4) is 0 Å². The van der Waals surface area contributed by atoms with Gasteiger partial charge in [0.15, 0.2) is 15.8 Å². The maximum Gasteiger partial charge on any atom is 0.191 e. The molecule has 0 radical (unpaired) electrons. The molecule has 0 aliphatic heterocycles. The minimum Gasteiger partial charge on any atom is -0.356 e. The summed E-state index contributed by atoms with van der Waals surface area (Å²) in [6, 6.07) is 9.53. The predicted octanol–water partition coefficient (Wildman–Crippen LogP) is 3.56. The van der Waals surface area contributed by atoms with Crippen LogP contribution in [-0.4, -0.2) is 58.8 Å². The van der Waals surface area contributed by atoms with Crippen molar-refractivity contribution in [3.8, 4) is 0 Å². The Morgan fingerprint density at radius 2 is 1.80 bits per heavy atom. The summed E-state index contributed by atoms with van der Waals surface area (Å²) in [6.45, 7) is 7.85. The van der Waals surface area contributed by atoms with Crippen LogP contribution in [0.2, 0.25) is 0 Å². The molecule has 0 aliphatic carbocycles. The normalized spacial score (nSPS) is 13.0. The van der Waals surface area contributed by atoms with Crippen LogP contribution >= 0.6 is 35.3 Å². The molecule has 30 heavy (non-hydrogen) atoms. The van der Waals surface area contributed by atoms with Gasteiger partial charge in [-0.2, -0.15) is 11.3 Å². The van der Waals surface area contributed by atoms with E-state index in [0.29, 0.717) is 17.5 Å². The van der Waals surface area contributed by atoms with E-state index in [0.717, 1.165) is 37.6 Å². The fourth-order valence-electron chi connectivity index (χ4n) is 3.23. The molecule has 0 spiro atoms. The van der Waals surface area contributed by atoms with E-state index >= 15 is 0 Å². The number of sulfone groups is 1. The zero-order chi connectivity index (χ0) is 21.3. The number of thiophene rings is 1. The first-order valence-corrected chi connectivity index (χ1v) is 12.7. The number of nitrogens with zero attached hydrogens (tertiary/aromatic N) is 2. The molecular weight excluding hydrogens is 531 g/mol. The van der Waals surface area contributed by atoms with Gasteiger partial charge in [-0.25, -0.2) is 8.42 Å². The largest absolute Gasteiger partial charge is 0.356 e. The van der Waals surface area contributed by atoms with E-state index in [4.69, 9.17) is 0 Å². The molecule has 1 aromatic carbocycles. The van der Waals surface area contributed by atoms with E-state index in [1.54, 1.807) is 30.5 Å². The summed E-state index contributed by atoms with van der Waals surface area (Å²) in [6.07, 6.45) is 2.01. The second kappa shape index (κ2) is 13.3. The number of aliphatic imine (C=N–C) groups is 1.